The van der Waals surface area contributed by atoms with Gasteiger partial charge < -0.3 is 15.8 Å². The van der Waals surface area contributed by atoms with Gasteiger partial charge in [0.1, 0.15) is 17.1 Å². The number of morpholine rings is 1. The van der Waals surface area contributed by atoms with Crippen LogP contribution in [0.3, 0.4) is 0 Å². The predicted octanol–water partition coefficient (Wildman–Crippen LogP) is 2.27. The zero-order valence-electron chi connectivity index (χ0n) is 15.2. The molecule has 0 radical (unpaired) electrons. The first-order valence-corrected chi connectivity index (χ1v) is 9.73. The lowest BCUT2D eigenvalue weighted by atomic mass is 10.2. The van der Waals surface area contributed by atoms with Crippen molar-refractivity contribution in [1.82, 2.24) is 19.9 Å². The third-order valence-electron chi connectivity index (χ3n) is 4.38. The number of primary amides is 1. The fourth-order valence-electron chi connectivity index (χ4n) is 2.98. The zero-order valence-corrected chi connectivity index (χ0v) is 16.0. The minimum Gasteiger partial charge on any atom is -0.379 e. The van der Waals surface area contributed by atoms with E-state index < -0.39 is 5.91 Å². The Hall–Kier alpha value is -2.88. The normalized spacial score (nSPS) is 14.7. The molecule has 4 heterocycles. The summed E-state index contributed by atoms with van der Waals surface area (Å²) < 4.78 is 5.39. The molecule has 0 aliphatic carbocycles. The molecule has 1 saturated heterocycles. The summed E-state index contributed by atoms with van der Waals surface area (Å²) in [5.74, 6) is 0.178. The smallest absolute Gasteiger partial charge is 0.251 e. The molecule has 0 saturated carbocycles. The number of anilines is 2. The first-order chi connectivity index (χ1) is 13.7. The van der Waals surface area contributed by atoms with Gasteiger partial charge >= 0.3 is 0 Å². The van der Waals surface area contributed by atoms with E-state index in [2.05, 4.69) is 25.2 Å². The van der Waals surface area contributed by atoms with Gasteiger partial charge in [-0.1, -0.05) is 6.07 Å². The van der Waals surface area contributed by atoms with Gasteiger partial charge in [-0.15, -0.1) is 11.3 Å². The highest BCUT2D eigenvalue weighted by atomic mass is 32.1. The van der Waals surface area contributed by atoms with Crippen molar-refractivity contribution in [3.8, 4) is 10.4 Å². The highest BCUT2D eigenvalue weighted by Crippen LogP contribution is 2.36. The fraction of sp³-hybridized carbons (Fsp3) is 0.263. The summed E-state index contributed by atoms with van der Waals surface area (Å²) in [5.41, 5.74) is 7.78. The number of nitrogens with one attached hydrogen (secondary N) is 1. The van der Waals surface area contributed by atoms with Crippen LogP contribution in [0.1, 0.15) is 16.1 Å². The second-order valence-corrected chi connectivity index (χ2v) is 7.42. The van der Waals surface area contributed by atoms with Crippen LogP contribution in [0.25, 0.3) is 10.4 Å². The topological polar surface area (TPSA) is 106 Å². The Bertz CT molecular complexity index is 956. The van der Waals surface area contributed by atoms with Crippen LogP contribution in [-0.4, -0.2) is 52.1 Å². The molecule has 0 atom stereocenters. The van der Waals surface area contributed by atoms with E-state index in [4.69, 9.17) is 10.5 Å². The van der Waals surface area contributed by atoms with Crippen LogP contribution in [0, 0.1) is 0 Å². The molecule has 3 N–H and O–H groups in total. The maximum Gasteiger partial charge on any atom is 0.251 e. The number of hydrogen-bond donors (Lipinski definition) is 2. The molecule has 8 nitrogen and oxygen atoms in total. The van der Waals surface area contributed by atoms with Gasteiger partial charge in [0.25, 0.3) is 5.91 Å². The molecule has 28 heavy (non-hydrogen) atoms. The van der Waals surface area contributed by atoms with Crippen LogP contribution < -0.4 is 11.1 Å². The summed E-state index contributed by atoms with van der Waals surface area (Å²) in [6.07, 6.45) is 4.87. The quantitative estimate of drug-likeness (QED) is 0.658. The van der Waals surface area contributed by atoms with Crippen molar-refractivity contribution < 1.29 is 9.53 Å². The molecular formula is C19H20N6O2S. The van der Waals surface area contributed by atoms with Crippen LogP contribution in [0.2, 0.25) is 0 Å². The number of thiophene rings is 1. The number of aromatic nitrogens is 3. The number of hydrogen-bond acceptors (Lipinski definition) is 8. The van der Waals surface area contributed by atoms with Gasteiger partial charge in [-0.25, -0.2) is 15.0 Å². The molecule has 3 aromatic rings. The molecule has 3 aromatic heterocycles. The maximum atomic E-state index is 11.9. The van der Waals surface area contributed by atoms with Crippen LogP contribution in [0.15, 0.2) is 43.0 Å². The lowest BCUT2D eigenvalue weighted by Gasteiger charge is -2.26. The summed E-state index contributed by atoms with van der Waals surface area (Å²) in [6.45, 7) is 4.07. The third-order valence-corrected chi connectivity index (χ3v) is 5.48. The summed E-state index contributed by atoms with van der Waals surface area (Å²) in [4.78, 5) is 27.8. The van der Waals surface area contributed by atoms with Gasteiger partial charge in [-0.05, 0) is 18.2 Å². The molecule has 1 amide bonds. The number of amides is 1. The van der Waals surface area contributed by atoms with Gasteiger partial charge in [0.15, 0.2) is 0 Å². The standard InChI is InChI=1S/C19H20N6O2S/c20-18(26)15-8-16(13-9-21-12-22-10-13)28-19(15)24-17-3-1-2-14(23-17)11-25-4-6-27-7-5-25/h1-3,8-10,12H,4-7,11H2,(H2,20,26)(H,23,24). The van der Waals surface area contributed by atoms with Crippen LogP contribution in [0.5, 0.6) is 0 Å². The van der Waals surface area contributed by atoms with Crippen molar-refractivity contribution >= 4 is 28.1 Å². The second-order valence-electron chi connectivity index (χ2n) is 6.37. The molecule has 0 spiro atoms. The van der Waals surface area contributed by atoms with E-state index in [-0.39, 0.29) is 0 Å². The number of pyridine rings is 1. The van der Waals surface area contributed by atoms with E-state index in [1.165, 1.54) is 17.7 Å². The van der Waals surface area contributed by atoms with Gasteiger partial charge in [0.2, 0.25) is 0 Å². The van der Waals surface area contributed by atoms with Crippen molar-refractivity contribution in [3.63, 3.8) is 0 Å². The highest BCUT2D eigenvalue weighted by Gasteiger charge is 2.16. The Morgan fingerprint density at radius 3 is 2.79 bits per heavy atom. The number of carbonyl (C=O) groups is 1. The second kappa shape index (κ2) is 8.42. The van der Waals surface area contributed by atoms with Gasteiger partial charge in [-0.3, -0.25) is 9.69 Å². The Morgan fingerprint density at radius 1 is 1.25 bits per heavy atom. The summed E-state index contributed by atoms with van der Waals surface area (Å²) in [7, 11) is 0. The van der Waals surface area contributed by atoms with Crippen molar-refractivity contribution in [3.05, 3.63) is 54.2 Å². The molecule has 1 fully saturated rings. The van der Waals surface area contributed by atoms with Crippen molar-refractivity contribution in [1.29, 1.82) is 0 Å². The first-order valence-electron chi connectivity index (χ1n) is 8.91. The minimum atomic E-state index is -0.494. The number of nitrogens with zero attached hydrogens (tertiary/aromatic N) is 4. The fourth-order valence-corrected chi connectivity index (χ4v) is 4.02. The Labute approximate surface area is 166 Å². The SMILES string of the molecule is NC(=O)c1cc(-c2cncnc2)sc1Nc1cccc(CN2CCOCC2)n1. The highest BCUT2D eigenvalue weighted by molar-refractivity contribution is 7.19. The van der Waals surface area contributed by atoms with Crippen LogP contribution in [0.4, 0.5) is 10.8 Å². The largest absolute Gasteiger partial charge is 0.379 e. The summed E-state index contributed by atoms with van der Waals surface area (Å²) in [5, 5.41) is 3.90. The minimum absolute atomic E-state index is 0.421. The van der Waals surface area contributed by atoms with Gasteiger partial charge in [0.05, 0.1) is 24.5 Å². The zero-order chi connectivity index (χ0) is 19.3. The molecule has 0 aromatic carbocycles. The molecular weight excluding hydrogens is 376 g/mol. The first kappa shape index (κ1) is 18.5. The molecule has 0 unspecified atom stereocenters. The lowest BCUT2D eigenvalue weighted by Crippen LogP contribution is -2.35. The molecule has 144 valence electrons. The van der Waals surface area contributed by atoms with E-state index in [1.807, 2.05) is 18.2 Å². The predicted molar refractivity (Wildman–Crippen MR) is 107 cm³/mol. The van der Waals surface area contributed by atoms with Gasteiger partial charge in [-0.2, -0.15) is 0 Å². The molecule has 4 rings (SSSR count). The maximum absolute atomic E-state index is 11.9. The number of nitrogens with two attached hydrogens (primary N) is 1. The van der Waals surface area contributed by atoms with E-state index in [0.29, 0.717) is 16.4 Å². The van der Waals surface area contributed by atoms with E-state index in [0.717, 1.165) is 49.0 Å². The van der Waals surface area contributed by atoms with Crippen molar-refractivity contribution in [2.45, 2.75) is 6.54 Å². The van der Waals surface area contributed by atoms with E-state index in [9.17, 15) is 4.79 Å². The van der Waals surface area contributed by atoms with E-state index in [1.54, 1.807) is 18.5 Å². The molecule has 1 aliphatic rings. The van der Waals surface area contributed by atoms with Crippen molar-refractivity contribution in [2.24, 2.45) is 5.73 Å². The van der Waals surface area contributed by atoms with Crippen molar-refractivity contribution in [2.75, 3.05) is 31.6 Å². The average Bonchev–Trinajstić information content (AvgIpc) is 3.14. The monoisotopic (exact) mass is 396 g/mol. The Balaban J connectivity index is 1.56. The average molecular weight is 396 g/mol. The summed E-state index contributed by atoms with van der Waals surface area (Å²) >= 11 is 1.42. The Kier molecular flexibility index (Phi) is 5.56. The molecule has 0 bridgehead atoms. The summed E-state index contributed by atoms with van der Waals surface area (Å²) in [6, 6.07) is 7.58. The number of carbonyl (C=O) groups excluding carboxylic acids is 1. The third kappa shape index (κ3) is 4.33. The van der Waals surface area contributed by atoms with Crippen LogP contribution >= 0.6 is 11.3 Å². The van der Waals surface area contributed by atoms with Crippen LogP contribution in [-0.2, 0) is 11.3 Å². The molecule has 1 aliphatic heterocycles. The lowest BCUT2D eigenvalue weighted by molar-refractivity contribution is 0.0337. The number of ether oxygens (including phenoxy) is 1. The van der Waals surface area contributed by atoms with E-state index >= 15 is 0 Å². The van der Waals surface area contributed by atoms with Gasteiger partial charge in [0, 0.05) is 42.5 Å². The number of rotatable bonds is 6. The Morgan fingerprint density at radius 2 is 2.04 bits per heavy atom. The molecule has 9 heteroatoms.